The van der Waals surface area contributed by atoms with Gasteiger partial charge in [-0.1, -0.05) is 72.3 Å². The number of halogens is 1. The fourth-order valence-electron chi connectivity index (χ4n) is 4.14. The van der Waals surface area contributed by atoms with Crippen molar-refractivity contribution < 1.29 is 17.9 Å². The minimum absolute atomic E-state index is 0.0205. The molecule has 0 saturated carbocycles. The molecule has 0 aliphatic heterocycles. The largest absolute Gasteiger partial charge is 0.496 e. The summed E-state index contributed by atoms with van der Waals surface area (Å²) in [4.78, 5) is 15.7. The normalized spacial score (nSPS) is 11.4. The summed E-state index contributed by atoms with van der Waals surface area (Å²) in [6.07, 6.45) is 0. The summed E-state index contributed by atoms with van der Waals surface area (Å²) in [6.45, 7) is 0.883. The zero-order valence-corrected chi connectivity index (χ0v) is 22.8. The molecule has 0 bridgehead atoms. The molecule has 196 valence electrons. The molecule has 1 amide bonds. The minimum atomic E-state index is -3.79. The van der Waals surface area contributed by atoms with Crippen LogP contribution in [0.25, 0.3) is 0 Å². The van der Waals surface area contributed by atoms with E-state index in [0.717, 1.165) is 11.1 Å². The molecule has 0 aliphatic carbocycles. The van der Waals surface area contributed by atoms with Crippen LogP contribution in [0.4, 0.5) is 0 Å². The molecule has 0 spiro atoms. The van der Waals surface area contributed by atoms with E-state index in [9.17, 15) is 13.2 Å². The van der Waals surface area contributed by atoms with Gasteiger partial charge < -0.3 is 9.64 Å². The maximum absolute atomic E-state index is 13.8. The van der Waals surface area contributed by atoms with Crippen LogP contribution in [0.1, 0.15) is 27.0 Å². The van der Waals surface area contributed by atoms with Crippen LogP contribution in [-0.4, -0.2) is 37.7 Å². The number of ether oxygens (including phenoxy) is 1. The number of carbonyl (C=O) groups excluding carboxylic acids is 1. The van der Waals surface area contributed by atoms with Crippen LogP contribution in [0.5, 0.6) is 5.75 Å². The van der Waals surface area contributed by atoms with Crippen molar-refractivity contribution in [3.05, 3.63) is 130 Å². The minimum Gasteiger partial charge on any atom is -0.496 e. The van der Waals surface area contributed by atoms with E-state index < -0.39 is 10.0 Å². The van der Waals surface area contributed by atoms with Crippen molar-refractivity contribution in [2.24, 2.45) is 0 Å². The van der Waals surface area contributed by atoms with E-state index in [1.807, 2.05) is 60.7 Å². The summed E-state index contributed by atoms with van der Waals surface area (Å²) in [5, 5.41) is 0.454. The number of carbonyl (C=O) groups is 1. The molecular weight excluding hydrogens is 520 g/mol. The van der Waals surface area contributed by atoms with Crippen molar-refractivity contribution in [2.75, 3.05) is 14.2 Å². The van der Waals surface area contributed by atoms with Crippen LogP contribution in [0.15, 0.2) is 108 Å². The van der Waals surface area contributed by atoms with Crippen molar-refractivity contribution in [3.8, 4) is 5.75 Å². The molecule has 0 aromatic heterocycles. The molecular formula is C30H29ClN2O4S. The Labute approximate surface area is 229 Å². The van der Waals surface area contributed by atoms with Gasteiger partial charge in [0.2, 0.25) is 10.0 Å². The third-order valence-electron chi connectivity index (χ3n) is 6.16. The lowest BCUT2D eigenvalue weighted by Crippen LogP contribution is -2.30. The summed E-state index contributed by atoms with van der Waals surface area (Å²) in [5.41, 5.74) is 3.06. The molecule has 38 heavy (non-hydrogen) atoms. The van der Waals surface area contributed by atoms with Crippen molar-refractivity contribution in [1.29, 1.82) is 0 Å². The highest BCUT2D eigenvalue weighted by Crippen LogP contribution is 2.26. The molecule has 0 aliphatic rings. The topological polar surface area (TPSA) is 66.9 Å². The number of hydrogen-bond acceptors (Lipinski definition) is 4. The molecule has 0 heterocycles. The first kappa shape index (κ1) is 27.4. The Morgan fingerprint density at radius 2 is 1.34 bits per heavy atom. The fourth-order valence-corrected chi connectivity index (χ4v) is 5.41. The summed E-state index contributed by atoms with van der Waals surface area (Å²) in [6, 6.07) is 30.8. The highest BCUT2D eigenvalue weighted by molar-refractivity contribution is 7.89. The molecule has 0 fully saturated rings. The maximum Gasteiger partial charge on any atom is 0.254 e. The first-order valence-electron chi connectivity index (χ1n) is 12.0. The molecule has 4 aromatic carbocycles. The number of sulfonamides is 1. The maximum atomic E-state index is 13.8. The van der Waals surface area contributed by atoms with Gasteiger partial charge in [0, 0.05) is 42.8 Å². The molecule has 8 heteroatoms. The Morgan fingerprint density at radius 1 is 0.789 bits per heavy atom. The third-order valence-corrected chi connectivity index (χ3v) is 8.23. The average molecular weight is 549 g/mol. The Kier molecular flexibility index (Phi) is 8.84. The summed E-state index contributed by atoms with van der Waals surface area (Å²) in [7, 11) is -0.772. The SMILES string of the molecule is COc1ccc(C(=O)N(Cc2ccccc2)Cc2ccccc2)cc1CN(C)S(=O)(=O)c1ccc(Cl)cc1. The molecule has 0 atom stereocenters. The van der Waals surface area contributed by atoms with Crippen molar-refractivity contribution in [2.45, 2.75) is 24.5 Å². The first-order chi connectivity index (χ1) is 18.3. The molecule has 0 N–H and O–H groups in total. The van der Waals surface area contributed by atoms with Crippen LogP contribution in [-0.2, 0) is 29.7 Å². The molecule has 0 unspecified atom stereocenters. The molecule has 6 nitrogen and oxygen atoms in total. The lowest BCUT2D eigenvalue weighted by molar-refractivity contribution is 0.0730. The summed E-state index contributed by atoms with van der Waals surface area (Å²) < 4.78 is 33.0. The van der Waals surface area contributed by atoms with E-state index in [1.165, 1.54) is 42.7 Å². The van der Waals surface area contributed by atoms with Crippen LogP contribution < -0.4 is 4.74 Å². The first-order valence-corrected chi connectivity index (χ1v) is 13.9. The number of methoxy groups -OCH3 is 1. The average Bonchev–Trinajstić information content (AvgIpc) is 2.93. The lowest BCUT2D eigenvalue weighted by Gasteiger charge is -2.24. The van der Waals surface area contributed by atoms with E-state index in [4.69, 9.17) is 16.3 Å². The van der Waals surface area contributed by atoms with Gasteiger partial charge in [-0.25, -0.2) is 8.42 Å². The standard InChI is InChI=1S/C30H29ClN2O4S/c1-32(38(35,36)28-16-14-27(31)15-17-28)22-26-19-25(13-18-29(26)37-2)30(34)33(20-23-9-5-3-6-10-23)21-24-11-7-4-8-12-24/h3-19H,20-22H2,1-2H3. The smallest absolute Gasteiger partial charge is 0.254 e. The molecule has 0 radical (unpaired) electrons. The number of amides is 1. The zero-order valence-electron chi connectivity index (χ0n) is 21.2. The van der Waals surface area contributed by atoms with Gasteiger partial charge in [0.05, 0.1) is 12.0 Å². The van der Waals surface area contributed by atoms with Gasteiger partial charge in [-0.05, 0) is 53.6 Å². The van der Waals surface area contributed by atoms with E-state index in [1.54, 1.807) is 23.1 Å². The number of nitrogens with zero attached hydrogens (tertiary/aromatic N) is 2. The second-order valence-corrected chi connectivity index (χ2v) is 11.4. The van der Waals surface area contributed by atoms with Gasteiger partial charge >= 0.3 is 0 Å². The second-order valence-electron chi connectivity index (χ2n) is 8.87. The van der Waals surface area contributed by atoms with Crippen molar-refractivity contribution in [1.82, 2.24) is 9.21 Å². The van der Waals surface area contributed by atoms with Crippen LogP contribution in [0, 0.1) is 0 Å². The molecule has 4 rings (SSSR count). The Bertz CT molecular complexity index is 1440. The highest BCUT2D eigenvalue weighted by atomic mass is 35.5. The van der Waals surface area contributed by atoms with Crippen LogP contribution >= 0.6 is 11.6 Å². The molecule has 4 aromatic rings. The Morgan fingerprint density at radius 3 is 1.87 bits per heavy atom. The zero-order chi connectivity index (χ0) is 27.1. The van der Waals surface area contributed by atoms with E-state index in [-0.39, 0.29) is 17.3 Å². The van der Waals surface area contributed by atoms with Gasteiger partial charge in [0.25, 0.3) is 5.91 Å². The highest BCUT2D eigenvalue weighted by Gasteiger charge is 2.24. The van der Waals surface area contributed by atoms with Crippen LogP contribution in [0.3, 0.4) is 0 Å². The summed E-state index contributed by atoms with van der Waals surface area (Å²) >= 11 is 5.92. The van der Waals surface area contributed by atoms with E-state index >= 15 is 0 Å². The lowest BCUT2D eigenvalue weighted by atomic mass is 10.1. The predicted molar refractivity (Wildman–Crippen MR) is 150 cm³/mol. The predicted octanol–water partition coefficient (Wildman–Crippen LogP) is 6.01. The fraction of sp³-hybridized carbons (Fsp3) is 0.167. The van der Waals surface area contributed by atoms with Gasteiger partial charge in [0.1, 0.15) is 5.75 Å². The van der Waals surface area contributed by atoms with Crippen molar-refractivity contribution >= 4 is 27.5 Å². The molecule has 0 saturated heterocycles. The number of rotatable bonds is 10. The number of benzene rings is 4. The van der Waals surface area contributed by atoms with E-state index in [2.05, 4.69) is 0 Å². The third kappa shape index (κ3) is 6.61. The van der Waals surface area contributed by atoms with Gasteiger partial charge in [-0.3, -0.25) is 4.79 Å². The Balaban J connectivity index is 1.62. The van der Waals surface area contributed by atoms with Crippen molar-refractivity contribution in [3.63, 3.8) is 0 Å². The van der Waals surface area contributed by atoms with Crippen LogP contribution in [0.2, 0.25) is 5.02 Å². The quantitative estimate of drug-likeness (QED) is 0.243. The van der Waals surface area contributed by atoms with Gasteiger partial charge in [0.15, 0.2) is 0 Å². The summed E-state index contributed by atoms with van der Waals surface area (Å²) in [5.74, 6) is 0.335. The second kappa shape index (κ2) is 12.3. The Hall–Kier alpha value is -3.65. The van der Waals surface area contributed by atoms with Gasteiger partial charge in [-0.2, -0.15) is 4.31 Å². The van der Waals surface area contributed by atoms with Gasteiger partial charge in [-0.15, -0.1) is 0 Å². The number of hydrogen-bond donors (Lipinski definition) is 0. The van der Waals surface area contributed by atoms with E-state index in [0.29, 0.717) is 35.0 Å². The monoisotopic (exact) mass is 548 g/mol.